The topological polar surface area (TPSA) is 68.3 Å². The minimum atomic E-state index is -0.592. The van der Waals surface area contributed by atoms with Crippen molar-refractivity contribution < 1.29 is 9.32 Å². The fraction of sp³-hybridized carbons (Fsp3) is 0.357. The van der Waals surface area contributed by atoms with Crippen LogP contribution in [0.5, 0.6) is 0 Å². The summed E-state index contributed by atoms with van der Waals surface area (Å²) in [6.45, 7) is 2.21. The normalized spacial score (nSPS) is 10.6. The number of aromatic nitrogens is 2. The highest BCUT2D eigenvalue weighted by Crippen LogP contribution is 2.07. The van der Waals surface area contributed by atoms with Crippen LogP contribution < -0.4 is 5.63 Å². The van der Waals surface area contributed by atoms with Gasteiger partial charge < -0.3 is 9.42 Å². The van der Waals surface area contributed by atoms with Gasteiger partial charge in [-0.2, -0.15) is 0 Å². The van der Waals surface area contributed by atoms with Crippen molar-refractivity contribution in [2.45, 2.75) is 13.3 Å². The lowest BCUT2D eigenvalue weighted by Crippen LogP contribution is -2.32. The van der Waals surface area contributed by atoms with Crippen LogP contribution in [0, 0.1) is 6.92 Å². The van der Waals surface area contributed by atoms with Gasteiger partial charge in [0.1, 0.15) is 5.56 Å². The molecule has 0 fully saturated rings. The lowest BCUT2D eigenvalue weighted by Gasteiger charge is -2.16. The van der Waals surface area contributed by atoms with Gasteiger partial charge in [-0.25, -0.2) is 9.53 Å². The molecular weight excluding hydrogens is 258 g/mol. The van der Waals surface area contributed by atoms with E-state index in [1.165, 1.54) is 9.64 Å². The number of hydrogen-bond acceptors (Lipinski definition) is 4. The van der Waals surface area contributed by atoms with E-state index in [1.54, 1.807) is 33.4 Å². The molecule has 6 heteroatoms. The summed E-state index contributed by atoms with van der Waals surface area (Å²) in [5, 5.41) is 0. The predicted octanol–water partition coefficient (Wildman–Crippen LogP) is 0.996. The Bertz CT molecular complexity index is 658. The molecule has 2 aromatic heterocycles. The Labute approximate surface area is 116 Å². The van der Waals surface area contributed by atoms with Crippen molar-refractivity contribution in [2.24, 2.45) is 7.05 Å². The van der Waals surface area contributed by atoms with E-state index in [2.05, 4.69) is 4.98 Å². The standard InChI is InChI=1S/C14H17N3O3/c1-10-12(14(19)20-17(10)3)13(18)16(2)9-6-11-4-7-15-8-5-11/h4-5,7-8H,6,9H2,1-3H3. The summed E-state index contributed by atoms with van der Waals surface area (Å²) in [5.41, 5.74) is 1.14. The lowest BCUT2D eigenvalue weighted by molar-refractivity contribution is 0.0793. The molecule has 0 aliphatic heterocycles. The van der Waals surface area contributed by atoms with Gasteiger partial charge in [0, 0.05) is 33.0 Å². The molecule has 0 atom stereocenters. The zero-order valence-corrected chi connectivity index (χ0v) is 11.8. The molecule has 20 heavy (non-hydrogen) atoms. The number of hydrogen-bond donors (Lipinski definition) is 0. The van der Waals surface area contributed by atoms with Gasteiger partial charge in [-0.1, -0.05) is 0 Å². The van der Waals surface area contributed by atoms with Crippen LogP contribution in [0.3, 0.4) is 0 Å². The number of pyridine rings is 1. The minimum Gasteiger partial charge on any atom is -0.341 e. The van der Waals surface area contributed by atoms with Crippen LogP contribution >= 0.6 is 0 Å². The predicted molar refractivity (Wildman–Crippen MR) is 73.6 cm³/mol. The second-order valence-corrected chi connectivity index (χ2v) is 4.67. The molecule has 2 rings (SSSR count). The quantitative estimate of drug-likeness (QED) is 0.834. The summed E-state index contributed by atoms with van der Waals surface area (Å²) >= 11 is 0. The van der Waals surface area contributed by atoms with Crippen LogP contribution in [0.2, 0.25) is 0 Å². The van der Waals surface area contributed by atoms with E-state index in [4.69, 9.17) is 4.52 Å². The average molecular weight is 275 g/mol. The zero-order chi connectivity index (χ0) is 14.7. The number of rotatable bonds is 4. The Morgan fingerprint density at radius 1 is 1.40 bits per heavy atom. The molecule has 2 aromatic rings. The van der Waals surface area contributed by atoms with Crippen molar-refractivity contribution in [2.75, 3.05) is 13.6 Å². The van der Waals surface area contributed by atoms with Crippen molar-refractivity contribution in [1.82, 2.24) is 14.6 Å². The van der Waals surface area contributed by atoms with E-state index in [1.807, 2.05) is 12.1 Å². The summed E-state index contributed by atoms with van der Waals surface area (Å²) in [5.74, 6) is -0.314. The Kier molecular flexibility index (Phi) is 4.02. The maximum Gasteiger partial charge on any atom is 0.370 e. The first-order chi connectivity index (χ1) is 9.50. The molecule has 0 radical (unpaired) electrons. The molecule has 0 aliphatic rings. The van der Waals surface area contributed by atoms with Crippen molar-refractivity contribution in [3.8, 4) is 0 Å². The summed E-state index contributed by atoms with van der Waals surface area (Å²) in [4.78, 5) is 29.4. The van der Waals surface area contributed by atoms with Crippen LogP contribution in [0.1, 0.15) is 21.6 Å². The summed E-state index contributed by atoms with van der Waals surface area (Å²) < 4.78 is 6.20. The van der Waals surface area contributed by atoms with E-state index in [9.17, 15) is 9.59 Å². The summed E-state index contributed by atoms with van der Waals surface area (Å²) in [6.07, 6.45) is 4.14. The van der Waals surface area contributed by atoms with Gasteiger partial charge in [0.15, 0.2) is 0 Å². The number of carbonyl (C=O) groups excluding carboxylic acids is 1. The minimum absolute atomic E-state index is 0.102. The van der Waals surface area contributed by atoms with Gasteiger partial charge in [-0.3, -0.25) is 9.78 Å². The van der Waals surface area contributed by atoms with Gasteiger partial charge in [0.05, 0.1) is 5.69 Å². The third kappa shape index (κ3) is 2.79. The molecule has 0 unspecified atom stereocenters. The van der Waals surface area contributed by atoms with Crippen LogP contribution in [-0.4, -0.2) is 34.1 Å². The molecule has 1 amide bonds. The fourth-order valence-corrected chi connectivity index (χ4v) is 1.92. The SMILES string of the molecule is Cc1c(C(=O)N(C)CCc2ccncc2)c(=O)on1C. The summed E-state index contributed by atoms with van der Waals surface area (Å²) in [6, 6.07) is 3.81. The van der Waals surface area contributed by atoms with Crippen LogP contribution in [-0.2, 0) is 13.5 Å². The smallest absolute Gasteiger partial charge is 0.341 e. The van der Waals surface area contributed by atoms with Gasteiger partial charge >= 0.3 is 5.63 Å². The average Bonchev–Trinajstić information content (AvgIpc) is 2.70. The van der Waals surface area contributed by atoms with Gasteiger partial charge in [-0.15, -0.1) is 0 Å². The first-order valence-electron chi connectivity index (χ1n) is 6.32. The largest absolute Gasteiger partial charge is 0.370 e. The lowest BCUT2D eigenvalue weighted by atomic mass is 10.2. The van der Waals surface area contributed by atoms with Crippen LogP contribution in [0.4, 0.5) is 0 Å². The van der Waals surface area contributed by atoms with Crippen LogP contribution in [0.15, 0.2) is 33.8 Å². The molecule has 0 N–H and O–H groups in total. The van der Waals surface area contributed by atoms with E-state index in [0.717, 1.165) is 5.56 Å². The van der Waals surface area contributed by atoms with Crippen LogP contribution in [0.25, 0.3) is 0 Å². The third-order valence-electron chi connectivity index (χ3n) is 3.30. The first-order valence-corrected chi connectivity index (χ1v) is 6.32. The summed E-state index contributed by atoms with van der Waals surface area (Å²) in [7, 11) is 3.28. The second kappa shape index (κ2) is 5.73. The van der Waals surface area contributed by atoms with Crippen molar-refractivity contribution in [3.05, 3.63) is 51.8 Å². The Hall–Kier alpha value is -2.37. The van der Waals surface area contributed by atoms with Gasteiger partial charge in [-0.05, 0) is 31.0 Å². The molecule has 0 spiro atoms. The molecule has 0 bridgehead atoms. The molecule has 6 nitrogen and oxygen atoms in total. The molecule has 0 saturated carbocycles. The van der Waals surface area contributed by atoms with Crippen molar-refractivity contribution in [1.29, 1.82) is 0 Å². The molecule has 0 aliphatic carbocycles. The highest BCUT2D eigenvalue weighted by atomic mass is 16.5. The van der Waals surface area contributed by atoms with E-state index in [-0.39, 0.29) is 11.5 Å². The Morgan fingerprint density at radius 3 is 2.60 bits per heavy atom. The maximum absolute atomic E-state index is 12.3. The number of carbonyl (C=O) groups is 1. The second-order valence-electron chi connectivity index (χ2n) is 4.67. The van der Waals surface area contributed by atoms with E-state index < -0.39 is 5.63 Å². The zero-order valence-electron chi connectivity index (χ0n) is 11.8. The number of likely N-dealkylation sites (N-methyl/N-ethyl adjacent to an activating group) is 1. The number of nitrogens with zero attached hydrogens (tertiary/aromatic N) is 3. The molecule has 2 heterocycles. The van der Waals surface area contributed by atoms with Crippen molar-refractivity contribution >= 4 is 5.91 Å². The van der Waals surface area contributed by atoms with Crippen molar-refractivity contribution in [3.63, 3.8) is 0 Å². The molecule has 106 valence electrons. The van der Waals surface area contributed by atoms with E-state index in [0.29, 0.717) is 18.7 Å². The molecular formula is C14H17N3O3. The first kappa shape index (κ1) is 14.0. The monoisotopic (exact) mass is 275 g/mol. The number of aryl methyl sites for hydroxylation is 1. The van der Waals surface area contributed by atoms with Gasteiger partial charge in [0.2, 0.25) is 0 Å². The highest BCUT2D eigenvalue weighted by Gasteiger charge is 2.22. The number of amides is 1. The highest BCUT2D eigenvalue weighted by molar-refractivity contribution is 5.94. The third-order valence-corrected chi connectivity index (χ3v) is 3.30. The molecule has 0 aromatic carbocycles. The van der Waals surface area contributed by atoms with Gasteiger partial charge in [0.25, 0.3) is 5.91 Å². The Morgan fingerprint density at radius 2 is 2.05 bits per heavy atom. The fourth-order valence-electron chi connectivity index (χ4n) is 1.92. The van der Waals surface area contributed by atoms with E-state index >= 15 is 0 Å². The Balaban J connectivity index is 2.07. The maximum atomic E-state index is 12.3. The molecule has 0 saturated heterocycles.